The van der Waals surface area contributed by atoms with Crippen LogP contribution in [0.25, 0.3) is 0 Å². The minimum atomic E-state index is -1.72. The number of hydrogen-bond acceptors (Lipinski definition) is 0. The van der Waals surface area contributed by atoms with Gasteiger partial charge in [0.15, 0.2) is 0 Å². The first kappa shape index (κ1) is 315. The summed E-state index contributed by atoms with van der Waals surface area (Å²) in [4.78, 5) is 0. The molecule has 0 aromatic carbocycles. The van der Waals surface area contributed by atoms with Gasteiger partial charge in [0.1, 0.15) is 0 Å². The molecule has 0 rings (SSSR count). The van der Waals surface area contributed by atoms with Crippen LogP contribution in [0.15, 0.2) is 0 Å². The SMILES string of the molecule is O.O.O.O.O.O.O.O.O.O.O.O.[Cl-].[Cl-].[Cl][Al]([Cl])[Cl].[Mg+2]. The molecular formula is H24AlCl5MgO12. The molecule has 0 radical (unpaired) electrons. The maximum absolute atomic E-state index is 4.94. The van der Waals surface area contributed by atoms with Gasteiger partial charge >= 0.3 is 34.4 Å². The molecule has 0 saturated heterocycles. The molecule has 0 aliphatic rings. The second-order valence-corrected chi connectivity index (χ2v) is 6.68. The smallest absolute Gasteiger partial charge is 1.00 e. The summed E-state index contributed by atoms with van der Waals surface area (Å²) >= 11 is -1.72. The van der Waals surface area contributed by atoms with Crippen LogP contribution < -0.4 is 24.8 Å². The van der Waals surface area contributed by atoms with Gasteiger partial charge in [-0.05, 0) is 0 Å². The Labute approximate surface area is 154 Å². The van der Waals surface area contributed by atoms with Crippen molar-refractivity contribution < 1.29 is 90.5 Å². The maximum Gasteiger partial charge on any atom is 2.00 e. The van der Waals surface area contributed by atoms with Crippen LogP contribution in [-0.4, -0.2) is 100 Å². The van der Waals surface area contributed by atoms with Crippen molar-refractivity contribution >= 4 is 64.6 Å². The summed E-state index contributed by atoms with van der Waals surface area (Å²) in [6, 6.07) is 0. The number of halogens is 5. The fraction of sp³-hybridized carbons (Fsp3) is 0. The molecule has 0 atom stereocenters. The van der Waals surface area contributed by atoms with Gasteiger partial charge in [-0.25, -0.2) is 30.1 Å². The van der Waals surface area contributed by atoms with E-state index in [0.29, 0.717) is 0 Å². The van der Waals surface area contributed by atoms with E-state index in [-0.39, 0.29) is 114 Å². The number of hydrogen-bond donors (Lipinski definition) is 0. The van der Waals surface area contributed by atoms with Crippen molar-refractivity contribution in [3.63, 3.8) is 0 Å². The zero-order valence-electron chi connectivity index (χ0n) is 9.17. The van der Waals surface area contributed by atoms with Gasteiger partial charge in [-0.1, -0.05) is 0 Å². The predicted molar refractivity (Wildman–Crippen MR) is 72.4 cm³/mol. The second-order valence-electron chi connectivity index (χ2n) is 0.247. The van der Waals surface area contributed by atoms with E-state index in [4.69, 9.17) is 30.1 Å². The Morgan fingerprint density at radius 1 is 0.368 bits per heavy atom. The van der Waals surface area contributed by atoms with Gasteiger partial charge in [0.25, 0.3) is 0 Å². The van der Waals surface area contributed by atoms with Crippen LogP contribution in [0, 0.1) is 0 Å². The zero-order chi connectivity index (χ0) is 3.58. The molecule has 0 spiro atoms. The van der Waals surface area contributed by atoms with Crippen molar-refractivity contribution in [2.24, 2.45) is 0 Å². The first-order valence-electron chi connectivity index (χ1n) is 0.655. The topological polar surface area (TPSA) is 378 Å². The molecule has 0 fully saturated rings. The van der Waals surface area contributed by atoms with Crippen LogP contribution in [-0.2, 0) is 0 Å². The van der Waals surface area contributed by atoms with Gasteiger partial charge in [-0.2, -0.15) is 0 Å². The van der Waals surface area contributed by atoms with Crippen molar-refractivity contribution in [3.8, 4) is 0 Å². The summed E-state index contributed by atoms with van der Waals surface area (Å²) in [6.07, 6.45) is 0. The summed E-state index contributed by atoms with van der Waals surface area (Å²) in [7, 11) is 14.8. The van der Waals surface area contributed by atoms with E-state index in [0.717, 1.165) is 0 Å². The van der Waals surface area contributed by atoms with E-state index in [1.165, 1.54) is 0 Å². The zero-order valence-corrected chi connectivity index (χ0v) is 15.5. The fourth-order valence-corrected chi connectivity index (χ4v) is 0. The van der Waals surface area contributed by atoms with E-state index >= 15 is 0 Å². The minimum Gasteiger partial charge on any atom is -1.00 e. The van der Waals surface area contributed by atoms with Gasteiger partial charge in [0.05, 0.1) is 0 Å². The molecule has 19 heavy (non-hydrogen) atoms. The Morgan fingerprint density at radius 2 is 0.368 bits per heavy atom. The van der Waals surface area contributed by atoms with Crippen LogP contribution in [0.1, 0.15) is 0 Å². The molecule has 12 nitrogen and oxygen atoms in total. The normalized spacial score (nSPS) is 1.42. The van der Waals surface area contributed by atoms with Crippen molar-refractivity contribution in [3.05, 3.63) is 0 Å². The van der Waals surface area contributed by atoms with E-state index < -0.39 is 11.4 Å². The summed E-state index contributed by atoms with van der Waals surface area (Å²) in [5, 5.41) is 0. The first-order chi connectivity index (χ1) is 1.73. The van der Waals surface area contributed by atoms with E-state index in [1.54, 1.807) is 0 Å². The molecular weight excluding hydrogens is 421 g/mol. The maximum atomic E-state index is 4.94. The largest absolute Gasteiger partial charge is 2.00 e. The van der Waals surface area contributed by atoms with Crippen molar-refractivity contribution in [2.45, 2.75) is 0 Å². The third kappa shape index (κ3) is 1310. The molecule has 0 bridgehead atoms. The number of rotatable bonds is 0. The Hall–Kier alpha value is 2.27. The average molecular weight is 445 g/mol. The average Bonchev–Trinajstić information content (AvgIpc) is 0.811. The van der Waals surface area contributed by atoms with Crippen LogP contribution in [0.4, 0.5) is 0 Å². The Balaban J connectivity index is -0.000000000429. The molecule has 0 aromatic heterocycles. The summed E-state index contributed by atoms with van der Waals surface area (Å²) in [5.74, 6) is 0. The van der Waals surface area contributed by atoms with Gasteiger partial charge in [0, 0.05) is 0 Å². The molecule has 19 heteroatoms. The van der Waals surface area contributed by atoms with Crippen LogP contribution in [0.3, 0.4) is 0 Å². The van der Waals surface area contributed by atoms with Crippen LogP contribution in [0.5, 0.6) is 0 Å². The fourth-order valence-electron chi connectivity index (χ4n) is 0. The van der Waals surface area contributed by atoms with Crippen molar-refractivity contribution in [1.82, 2.24) is 0 Å². The molecule has 0 saturated carbocycles. The standard InChI is InChI=1S/Al.5ClH.Mg.12H2O/h;5*1H;;12*1H2/q+3;;;;;;+2;;;;;;;;;;;;/p-5. The quantitative estimate of drug-likeness (QED) is 0.314. The monoisotopic (exact) mass is 442 g/mol. The van der Waals surface area contributed by atoms with Gasteiger partial charge < -0.3 is 90.5 Å². The predicted octanol–water partition coefficient (Wildman–Crippen LogP) is -14.6. The summed E-state index contributed by atoms with van der Waals surface area (Å²) in [6.45, 7) is 0. The molecule has 136 valence electrons. The van der Waals surface area contributed by atoms with E-state index in [2.05, 4.69) is 0 Å². The minimum absolute atomic E-state index is 0. The van der Waals surface area contributed by atoms with Crippen molar-refractivity contribution in [1.29, 1.82) is 0 Å². The van der Waals surface area contributed by atoms with Crippen LogP contribution >= 0.6 is 30.1 Å². The molecule has 0 aliphatic heterocycles. The third-order valence-electron chi connectivity index (χ3n) is 0. The third-order valence-corrected chi connectivity index (χ3v) is 0. The second kappa shape index (κ2) is 271. The van der Waals surface area contributed by atoms with Gasteiger partial charge in [-0.15, -0.1) is 0 Å². The van der Waals surface area contributed by atoms with E-state index in [1.807, 2.05) is 0 Å². The van der Waals surface area contributed by atoms with Crippen molar-refractivity contribution in [2.75, 3.05) is 0 Å². The molecule has 24 N–H and O–H groups in total. The molecule has 0 unspecified atom stereocenters. The van der Waals surface area contributed by atoms with E-state index in [9.17, 15) is 0 Å². The molecule has 0 aliphatic carbocycles. The Morgan fingerprint density at radius 3 is 0.368 bits per heavy atom. The summed E-state index contributed by atoms with van der Waals surface area (Å²) < 4.78 is 0. The Kier molecular flexibility index (Phi) is 4490. The van der Waals surface area contributed by atoms with Crippen LogP contribution in [0.2, 0.25) is 0 Å². The molecule has 0 aromatic rings. The Bertz CT molecular complexity index is 30.8. The van der Waals surface area contributed by atoms with Gasteiger partial charge in [-0.3, -0.25) is 0 Å². The first-order valence-corrected chi connectivity index (χ1v) is 5.89. The van der Waals surface area contributed by atoms with Gasteiger partial charge in [0.2, 0.25) is 0 Å². The summed E-state index contributed by atoms with van der Waals surface area (Å²) in [5.41, 5.74) is 0. The molecule has 0 heterocycles. The molecule has 0 amide bonds.